The first-order chi connectivity index (χ1) is 6.30. The van der Waals surface area contributed by atoms with Crippen molar-refractivity contribution in [3.63, 3.8) is 0 Å². The van der Waals surface area contributed by atoms with Crippen LogP contribution in [0.15, 0.2) is 0 Å². The fourth-order valence-electron chi connectivity index (χ4n) is 1.59. The Hall–Kier alpha value is -0.810. The molecule has 1 fully saturated rings. The molecule has 0 aromatic rings. The first kappa shape index (κ1) is 11.3. The second kappa shape index (κ2) is 3.40. The highest BCUT2D eigenvalue weighted by atomic mass is 19.3. The van der Waals surface area contributed by atoms with Gasteiger partial charge >= 0.3 is 5.97 Å². The Kier molecular flexibility index (Phi) is 2.74. The van der Waals surface area contributed by atoms with Gasteiger partial charge in [0, 0.05) is 12.8 Å². The van der Waals surface area contributed by atoms with Gasteiger partial charge in [0.1, 0.15) is 5.41 Å². The number of hydrogen-bond acceptors (Lipinski definition) is 1. The Bertz CT molecular complexity index is 229. The van der Waals surface area contributed by atoms with Crippen LogP contribution in [-0.2, 0) is 4.79 Å². The molecule has 6 heteroatoms. The normalized spacial score (nSPS) is 24.9. The average molecular weight is 214 g/mol. The molecular weight excluding hydrogens is 204 g/mol. The molecule has 0 spiro atoms. The van der Waals surface area contributed by atoms with Gasteiger partial charge in [-0.15, -0.1) is 0 Å². The molecule has 82 valence electrons. The molecule has 1 aliphatic rings. The van der Waals surface area contributed by atoms with Crippen molar-refractivity contribution >= 4 is 5.97 Å². The van der Waals surface area contributed by atoms with E-state index in [4.69, 9.17) is 5.11 Å². The molecule has 14 heavy (non-hydrogen) atoms. The van der Waals surface area contributed by atoms with E-state index in [2.05, 4.69) is 0 Å². The van der Waals surface area contributed by atoms with E-state index in [1.165, 1.54) is 0 Å². The van der Waals surface area contributed by atoms with Gasteiger partial charge in [0.05, 0.1) is 0 Å². The maximum Gasteiger partial charge on any atom is 0.315 e. The van der Waals surface area contributed by atoms with Crippen molar-refractivity contribution < 1.29 is 27.5 Å². The summed E-state index contributed by atoms with van der Waals surface area (Å²) in [5.74, 6) is -4.67. The van der Waals surface area contributed by atoms with Crippen LogP contribution in [0.5, 0.6) is 0 Å². The number of rotatable bonds is 2. The molecule has 0 aromatic heterocycles. The van der Waals surface area contributed by atoms with Crippen LogP contribution in [0.4, 0.5) is 17.6 Å². The van der Waals surface area contributed by atoms with Gasteiger partial charge in [0.25, 0.3) is 6.43 Å². The molecule has 2 nitrogen and oxygen atoms in total. The third-order valence-corrected chi connectivity index (χ3v) is 2.72. The van der Waals surface area contributed by atoms with Gasteiger partial charge in [0.2, 0.25) is 5.92 Å². The van der Waals surface area contributed by atoms with Crippen LogP contribution in [0.1, 0.15) is 25.7 Å². The summed E-state index contributed by atoms with van der Waals surface area (Å²) in [4.78, 5) is 10.6. The number of aliphatic carboxylic acids is 1. The quantitative estimate of drug-likeness (QED) is 0.717. The molecule has 0 radical (unpaired) electrons. The predicted octanol–water partition coefficient (Wildman–Crippen LogP) is 2.53. The zero-order valence-corrected chi connectivity index (χ0v) is 7.27. The van der Waals surface area contributed by atoms with E-state index in [9.17, 15) is 22.4 Å². The summed E-state index contributed by atoms with van der Waals surface area (Å²) in [7, 11) is 0. The predicted molar refractivity (Wildman–Crippen MR) is 39.5 cm³/mol. The Morgan fingerprint density at radius 3 is 1.86 bits per heavy atom. The lowest BCUT2D eigenvalue weighted by molar-refractivity contribution is -0.172. The third kappa shape index (κ3) is 1.83. The first-order valence-corrected chi connectivity index (χ1v) is 4.20. The van der Waals surface area contributed by atoms with Gasteiger partial charge in [-0.05, 0) is 12.8 Å². The molecule has 0 amide bonds. The fourth-order valence-corrected chi connectivity index (χ4v) is 1.59. The highest BCUT2D eigenvalue weighted by molar-refractivity contribution is 5.75. The van der Waals surface area contributed by atoms with Crippen molar-refractivity contribution in [1.29, 1.82) is 0 Å². The molecule has 1 saturated carbocycles. The molecular formula is C8H10F4O2. The standard InChI is InChI=1S/C8H10F4O2/c9-5(10)7(6(13)14)1-3-8(11,12)4-2-7/h5H,1-4H2,(H,13,14). The van der Waals surface area contributed by atoms with Gasteiger partial charge in [-0.2, -0.15) is 0 Å². The summed E-state index contributed by atoms with van der Waals surface area (Å²) in [5, 5.41) is 8.60. The van der Waals surface area contributed by atoms with Crippen molar-refractivity contribution in [2.75, 3.05) is 0 Å². The average Bonchev–Trinajstić information content (AvgIpc) is 2.03. The Morgan fingerprint density at radius 2 is 1.57 bits per heavy atom. The van der Waals surface area contributed by atoms with E-state index in [1.807, 2.05) is 0 Å². The Labute approximate surface area is 77.9 Å². The number of hydrogen-bond donors (Lipinski definition) is 1. The number of carbonyl (C=O) groups is 1. The summed E-state index contributed by atoms with van der Waals surface area (Å²) in [6, 6.07) is 0. The van der Waals surface area contributed by atoms with Crippen molar-refractivity contribution in [2.45, 2.75) is 38.0 Å². The minimum atomic E-state index is -3.09. The fraction of sp³-hybridized carbons (Fsp3) is 0.875. The van der Waals surface area contributed by atoms with Gasteiger partial charge in [0.15, 0.2) is 0 Å². The molecule has 1 N–H and O–H groups in total. The van der Waals surface area contributed by atoms with Crippen LogP contribution in [0.2, 0.25) is 0 Å². The number of alkyl halides is 4. The SMILES string of the molecule is O=C(O)C1(C(F)F)CCC(F)(F)CC1. The van der Waals surface area contributed by atoms with E-state index in [-0.39, 0.29) is 0 Å². The van der Waals surface area contributed by atoms with E-state index in [0.29, 0.717) is 0 Å². The minimum Gasteiger partial charge on any atom is -0.481 e. The lowest BCUT2D eigenvalue weighted by atomic mass is 9.73. The lowest BCUT2D eigenvalue weighted by Crippen LogP contribution is -2.44. The van der Waals surface area contributed by atoms with E-state index in [1.54, 1.807) is 0 Å². The van der Waals surface area contributed by atoms with E-state index in [0.717, 1.165) is 0 Å². The second-order valence-electron chi connectivity index (χ2n) is 3.62. The molecule has 1 rings (SSSR count). The van der Waals surface area contributed by atoms with E-state index < -0.39 is 49.4 Å². The molecule has 0 aromatic carbocycles. The Morgan fingerprint density at radius 1 is 1.14 bits per heavy atom. The molecule has 0 atom stereocenters. The van der Waals surface area contributed by atoms with Crippen LogP contribution in [0.25, 0.3) is 0 Å². The zero-order chi connectivity index (χ0) is 11.0. The molecule has 0 unspecified atom stereocenters. The van der Waals surface area contributed by atoms with Crippen molar-refractivity contribution in [3.05, 3.63) is 0 Å². The molecule has 0 saturated heterocycles. The third-order valence-electron chi connectivity index (χ3n) is 2.72. The summed E-state index contributed by atoms with van der Waals surface area (Å²) < 4.78 is 50.2. The summed E-state index contributed by atoms with van der Waals surface area (Å²) >= 11 is 0. The molecule has 0 bridgehead atoms. The smallest absolute Gasteiger partial charge is 0.315 e. The highest BCUT2D eigenvalue weighted by Gasteiger charge is 2.53. The van der Waals surface area contributed by atoms with Gasteiger partial charge < -0.3 is 5.11 Å². The maximum absolute atomic E-state index is 12.6. The van der Waals surface area contributed by atoms with Crippen molar-refractivity contribution in [2.24, 2.45) is 5.41 Å². The van der Waals surface area contributed by atoms with Crippen LogP contribution in [-0.4, -0.2) is 23.4 Å². The summed E-state index contributed by atoms with van der Waals surface area (Å²) in [6.45, 7) is 0. The monoisotopic (exact) mass is 214 g/mol. The number of halogens is 4. The zero-order valence-electron chi connectivity index (χ0n) is 7.27. The summed E-state index contributed by atoms with van der Waals surface area (Å²) in [5.41, 5.74) is -2.26. The van der Waals surface area contributed by atoms with Gasteiger partial charge in [-0.3, -0.25) is 4.79 Å². The van der Waals surface area contributed by atoms with Crippen molar-refractivity contribution in [3.8, 4) is 0 Å². The largest absolute Gasteiger partial charge is 0.481 e. The topological polar surface area (TPSA) is 37.3 Å². The van der Waals surface area contributed by atoms with Crippen LogP contribution in [0.3, 0.4) is 0 Å². The molecule has 0 heterocycles. The van der Waals surface area contributed by atoms with Crippen LogP contribution < -0.4 is 0 Å². The molecule has 1 aliphatic carbocycles. The second-order valence-corrected chi connectivity index (χ2v) is 3.62. The minimum absolute atomic E-state index is 0.660. The number of carboxylic acids is 1. The number of carboxylic acid groups (broad SMARTS) is 1. The first-order valence-electron chi connectivity index (χ1n) is 4.20. The van der Waals surface area contributed by atoms with Crippen LogP contribution >= 0.6 is 0 Å². The lowest BCUT2D eigenvalue weighted by Gasteiger charge is -2.35. The van der Waals surface area contributed by atoms with Gasteiger partial charge in [-0.1, -0.05) is 0 Å². The highest BCUT2D eigenvalue weighted by Crippen LogP contribution is 2.47. The van der Waals surface area contributed by atoms with Crippen LogP contribution in [0, 0.1) is 5.41 Å². The Balaban J connectivity index is 2.80. The maximum atomic E-state index is 12.6. The van der Waals surface area contributed by atoms with E-state index >= 15 is 0 Å². The molecule has 0 aliphatic heterocycles. The van der Waals surface area contributed by atoms with Crippen molar-refractivity contribution in [1.82, 2.24) is 0 Å². The summed E-state index contributed by atoms with van der Waals surface area (Å²) in [6.07, 6.45) is -5.95. The van der Waals surface area contributed by atoms with Gasteiger partial charge in [-0.25, -0.2) is 17.6 Å².